The van der Waals surface area contributed by atoms with Gasteiger partial charge in [0.15, 0.2) is 0 Å². The van der Waals surface area contributed by atoms with Gasteiger partial charge in [0.2, 0.25) is 0 Å². The smallest absolute Gasteiger partial charge is 0.0646 e. The van der Waals surface area contributed by atoms with Crippen LogP contribution in [-0.2, 0) is 13.0 Å². The van der Waals surface area contributed by atoms with E-state index in [4.69, 9.17) is 0 Å². The van der Waals surface area contributed by atoms with E-state index >= 15 is 0 Å². The van der Waals surface area contributed by atoms with Crippen LogP contribution >= 0.6 is 0 Å². The van der Waals surface area contributed by atoms with E-state index in [0.717, 1.165) is 12.2 Å². The number of nitrogens with one attached hydrogen (secondary N) is 1. The van der Waals surface area contributed by atoms with Crippen molar-refractivity contribution in [3.05, 3.63) is 29.2 Å². The monoisotopic (exact) mass is 227 g/mol. The number of hydrogen-bond acceptors (Lipinski definition) is 2. The van der Waals surface area contributed by atoms with Crippen molar-refractivity contribution in [2.75, 3.05) is 7.05 Å². The van der Waals surface area contributed by atoms with Crippen LogP contribution in [0.3, 0.4) is 0 Å². The number of aryl methyl sites for hydroxylation is 1. The van der Waals surface area contributed by atoms with Crippen LogP contribution in [0, 0.1) is 6.92 Å². The van der Waals surface area contributed by atoms with Gasteiger partial charge >= 0.3 is 0 Å². The molecule has 2 aromatic rings. The molecule has 1 aliphatic carbocycles. The van der Waals surface area contributed by atoms with Gasteiger partial charge in [0, 0.05) is 28.9 Å². The minimum Gasteiger partial charge on any atom is -0.356 e. The Bertz CT molecular complexity index is 607. The molecule has 0 aromatic carbocycles. The van der Waals surface area contributed by atoms with E-state index in [9.17, 15) is 0 Å². The predicted octanol–water partition coefficient (Wildman–Crippen LogP) is 2.39. The molecule has 1 saturated carbocycles. The topological polar surface area (TPSA) is 31.9 Å². The minimum atomic E-state index is 0.485. The first kappa shape index (κ1) is 9.66. The van der Waals surface area contributed by atoms with Crippen molar-refractivity contribution in [1.82, 2.24) is 14.9 Å². The van der Waals surface area contributed by atoms with Crippen LogP contribution in [0.2, 0.25) is 0 Å². The molecule has 0 amide bonds. The maximum Gasteiger partial charge on any atom is 0.0646 e. The molecule has 1 aliphatic heterocycles. The highest BCUT2D eigenvalue weighted by Gasteiger charge is 2.49. The van der Waals surface area contributed by atoms with Gasteiger partial charge in [-0.25, -0.2) is 0 Å². The first-order valence-electron chi connectivity index (χ1n) is 6.35. The van der Waals surface area contributed by atoms with Crippen LogP contribution in [-0.4, -0.2) is 27.5 Å². The lowest BCUT2D eigenvalue weighted by Gasteiger charge is -2.32. The van der Waals surface area contributed by atoms with Gasteiger partial charge in [0.1, 0.15) is 0 Å². The molecule has 0 unspecified atom stereocenters. The number of aromatic amines is 1. The van der Waals surface area contributed by atoms with Crippen molar-refractivity contribution >= 4 is 10.9 Å². The van der Waals surface area contributed by atoms with Crippen molar-refractivity contribution in [3.8, 4) is 0 Å². The maximum atomic E-state index is 4.38. The number of hydrogen-bond donors (Lipinski definition) is 1. The van der Waals surface area contributed by atoms with Gasteiger partial charge in [-0.1, -0.05) is 0 Å². The molecular formula is C14H17N3. The Morgan fingerprint density at radius 1 is 1.41 bits per heavy atom. The van der Waals surface area contributed by atoms with Gasteiger partial charge in [-0.05, 0) is 44.9 Å². The van der Waals surface area contributed by atoms with Gasteiger partial charge in [-0.3, -0.25) is 9.88 Å². The highest BCUT2D eigenvalue weighted by molar-refractivity contribution is 5.84. The van der Waals surface area contributed by atoms with Crippen molar-refractivity contribution in [3.63, 3.8) is 0 Å². The summed E-state index contributed by atoms with van der Waals surface area (Å²) < 4.78 is 0. The van der Waals surface area contributed by atoms with Crippen LogP contribution in [0.5, 0.6) is 0 Å². The van der Waals surface area contributed by atoms with Crippen LogP contribution in [0.4, 0.5) is 0 Å². The molecule has 2 aromatic heterocycles. The number of aromatic nitrogens is 2. The summed E-state index contributed by atoms with van der Waals surface area (Å²) >= 11 is 0. The van der Waals surface area contributed by atoms with E-state index < -0.39 is 0 Å². The minimum absolute atomic E-state index is 0.485. The predicted molar refractivity (Wildman–Crippen MR) is 68.0 cm³/mol. The number of nitrogens with zero attached hydrogens (tertiary/aromatic N) is 2. The molecule has 3 nitrogen and oxygen atoms in total. The third-order valence-electron chi connectivity index (χ3n) is 4.55. The molecule has 0 radical (unpaired) electrons. The standard InChI is InChI=1S/C14H17N3/c1-9-5-10-11-6-14(3-4-14)17(2)8-13(11)16-12(10)7-15-9/h5,7,16H,3-4,6,8H2,1-2H3. The van der Waals surface area contributed by atoms with Gasteiger partial charge in [0.05, 0.1) is 11.7 Å². The molecule has 1 N–H and O–H groups in total. The Morgan fingerprint density at radius 3 is 3.00 bits per heavy atom. The van der Waals surface area contributed by atoms with Gasteiger partial charge in [-0.15, -0.1) is 0 Å². The highest BCUT2D eigenvalue weighted by Crippen LogP contribution is 2.48. The second-order valence-electron chi connectivity index (χ2n) is 5.71. The third-order valence-corrected chi connectivity index (χ3v) is 4.55. The molecule has 0 saturated heterocycles. The summed E-state index contributed by atoms with van der Waals surface area (Å²) in [4.78, 5) is 10.4. The lowest BCUT2D eigenvalue weighted by Crippen LogP contribution is -2.39. The zero-order valence-electron chi connectivity index (χ0n) is 10.4. The van der Waals surface area contributed by atoms with Crippen LogP contribution in [0.25, 0.3) is 10.9 Å². The summed E-state index contributed by atoms with van der Waals surface area (Å²) in [5, 5.41) is 1.40. The summed E-state index contributed by atoms with van der Waals surface area (Å²) in [6.45, 7) is 3.13. The molecule has 17 heavy (non-hydrogen) atoms. The summed E-state index contributed by atoms with van der Waals surface area (Å²) in [5.74, 6) is 0. The Balaban J connectivity index is 1.94. The first-order valence-corrected chi connectivity index (χ1v) is 6.35. The zero-order valence-corrected chi connectivity index (χ0v) is 10.4. The van der Waals surface area contributed by atoms with Crippen molar-refractivity contribution in [2.45, 2.75) is 38.3 Å². The molecular weight excluding hydrogens is 210 g/mol. The SMILES string of the molecule is Cc1cc2c3c([nH]c2cn1)CN(C)C1(CC1)C3. The number of fused-ring (bicyclic) bond motifs is 3. The molecule has 0 bridgehead atoms. The molecule has 2 aliphatic rings. The average Bonchev–Trinajstić information content (AvgIpc) is 2.99. The maximum absolute atomic E-state index is 4.38. The Morgan fingerprint density at radius 2 is 2.24 bits per heavy atom. The van der Waals surface area contributed by atoms with Gasteiger partial charge in [0.25, 0.3) is 0 Å². The Hall–Kier alpha value is -1.35. The molecule has 1 spiro atoms. The molecule has 4 rings (SSSR count). The lowest BCUT2D eigenvalue weighted by atomic mass is 9.95. The average molecular weight is 227 g/mol. The highest BCUT2D eigenvalue weighted by atomic mass is 15.2. The Kier molecular flexibility index (Phi) is 1.65. The first-order chi connectivity index (χ1) is 8.18. The van der Waals surface area contributed by atoms with E-state index in [1.54, 1.807) is 5.56 Å². The van der Waals surface area contributed by atoms with E-state index in [2.05, 4.69) is 34.9 Å². The summed E-state index contributed by atoms with van der Waals surface area (Å²) in [6, 6.07) is 2.23. The number of likely N-dealkylation sites (N-methyl/N-ethyl adjacent to an activating group) is 1. The molecule has 1 fully saturated rings. The quantitative estimate of drug-likeness (QED) is 0.749. The van der Waals surface area contributed by atoms with Gasteiger partial charge < -0.3 is 4.98 Å². The number of H-pyrrole nitrogens is 1. The second-order valence-corrected chi connectivity index (χ2v) is 5.71. The van der Waals surface area contributed by atoms with E-state index in [1.165, 1.54) is 35.9 Å². The van der Waals surface area contributed by atoms with Crippen LogP contribution in [0.1, 0.15) is 29.8 Å². The van der Waals surface area contributed by atoms with Gasteiger partial charge in [-0.2, -0.15) is 0 Å². The molecule has 0 atom stereocenters. The Labute approximate surface area is 101 Å². The van der Waals surface area contributed by atoms with E-state index in [-0.39, 0.29) is 0 Å². The van der Waals surface area contributed by atoms with Crippen molar-refractivity contribution in [1.29, 1.82) is 0 Å². The summed E-state index contributed by atoms with van der Waals surface area (Å²) in [7, 11) is 2.25. The normalized spacial score (nSPS) is 22.0. The fourth-order valence-corrected chi connectivity index (χ4v) is 3.22. The van der Waals surface area contributed by atoms with E-state index in [1.807, 2.05) is 6.20 Å². The molecule has 3 heteroatoms. The fourth-order valence-electron chi connectivity index (χ4n) is 3.22. The van der Waals surface area contributed by atoms with Crippen LogP contribution in [0.15, 0.2) is 12.3 Å². The van der Waals surface area contributed by atoms with Crippen molar-refractivity contribution in [2.24, 2.45) is 0 Å². The second kappa shape index (κ2) is 2.91. The largest absolute Gasteiger partial charge is 0.356 e. The summed E-state index contributed by atoms with van der Waals surface area (Å²) in [5.41, 5.74) is 5.74. The molecule has 3 heterocycles. The fraction of sp³-hybridized carbons (Fsp3) is 0.500. The van der Waals surface area contributed by atoms with Crippen LogP contribution < -0.4 is 0 Å². The summed E-state index contributed by atoms with van der Waals surface area (Å²) in [6.07, 6.45) is 5.91. The lowest BCUT2D eigenvalue weighted by molar-refractivity contribution is 0.193. The van der Waals surface area contributed by atoms with Crippen molar-refractivity contribution < 1.29 is 0 Å². The number of pyridine rings is 1. The molecule has 88 valence electrons. The zero-order chi connectivity index (χ0) is 11.6. The number of rotatable bonds is 0. The third kappa shape index (κ3) is 1.23. The van der Waals surface area contributed by atoms with E-state index in [0.29, 0.717) is 5.54 Å².